The molecule has 1 atom stereocenters. The van der Waals surface area contributed by atoms with Crippen LogP contribution in [-0.4, -0.2) is 44.2 Å². The molecule has 1 aliphatic rings. The number of hydrogen-bond acceptors (Lipinski definition) is 4. The van der Waals surface area contributed by atoms with Gasteiger partial charge in [0.2, 0.25) is 10.0 Å². The second-order valence-corrected chi connectivity index (χ2v) is 5.22. The van der Waals surface area contributed by atoms with E-state index in [2.05, 4.69) is 5.32 Å². The molecule has 74 valence electrons. The van der Waals surface area contributed by atoms with Crippen molar-refractivity contribution in [2.75, 3.05) is 26.2 Å². The molecular formula is C7H13N3O2S. The van der Waals surface area contributed by atoms with Gasteiger partial charge in [-0.3, -0.25) is 0 Å². The van der Waals surface area contributed by atoms with Crippen molar-refractivity contribution in [3.63, 3.8) is 0 Å². The highest BCUT2D eigenvalue weighted by Crippen LogP contribution is 2.08. The molecule has 0 bridgehead atoms. The van der Waals surface area contributed by atoms with Crippen molar-refractivity contribution in [3.8, 4) is 6.07 Å². The molecule has 0 spiro atoms. The van der Waals surface area contributed by atoms with Crippen LogP contribution in [0.3, 0.4) is 0 Å². The molecule has 0 saturated carbocycles. The molecule has 5 nitrogen and oxygen atoms in total. The molecule has 1 heterocycles. The molecule has 0 radical (unpaired) electrons. The molecule has 1 unspecified atom stereocenters. The van der Waals surface area contributed by atoms with Crippen molar-refractivity contribution in [3.05, 3.63) is 0 Å². The van der Waals surface area contributed by atoms with Crippen molar-refractivity contribution in [2.24, 2.45) is 0 Å². The normalized spacial score (nSPS) is 22.2. The maximum absolute atomic E-state index is 11.6. The average Bonchev–Trinajstić information content (AvgIpc) is 2.18. The molecule has 1 fully saturated rings. The van der Waals surface area contributed by atoms with E-state index in [4.69, 9.17) is 5.26 Å². The first-order chi connectivity index (χ1) is 6.09. The largest absolute Gasteiger partial charge is 0.314 e. The molecule has 0 amide bonds. The standard InChI is InChI=1S/C7H13N3O2S/c1-7(6-8)13(11,12)10-4-2-9-3-5-10/h7,9H,2-5H2,1H3. The summed E-state index contributed by atoms with van der Waals surface area (Å²) in [7, 11) is -3.38. The first kappa shape index (κ1) is 10.4. The molecule has 13 heavy (non-hydrogen) atoms. The maximum atomic E-state index is 11.6. The van der Waals surface area contributed by atoms with Gasteiger partial charge in [-0.2, -0.15) is 9.57 Å². The third kappa shape index (κ3) is 2.18. The Morgan fingerprint density at radius 3 is 2.46 bits per heavy atom. The second-order valence-electron chi connectivity index (χ2n) is 2.97. The van der Waals surface area contributed by atoms with E-state index in [-0.39, 0.29) is 0 Å². The Morgan fingerprint density at radius 1 is 1.46 bits per heavy atom. The lowest BCUT2D eigenvalue weighted by molar-refractivity contribution is 0.358. The van der Waals surface area contributed by atoms with E-state index in [0.29, 0.717) is 26.2 Å². The Balaban J connectivity index is 2.75. The van der Waals surface area contributed by atoms with Gasteiger partial charge in [-0.25, -0.2) is 8.42 Å². The van der Waals surface area contributed by atoms with Crippen LogP contribution in [0, 0.1) is 11.3 Å². The predicted octanol–water partition coefficient (Wildman–Crippen LogP) is -0.867. The number of rotatable bonds is 2. The Hall–Kier alpha value is -0.640. The minimum atomic E-state index is -3.38. The van der Waals surface area contributed by atoms with Gasteiger partial charge in [-0.1, -0.05) is 0 Å². The topological polar surface area (TPSA) is 73.2 Å². The number of sulfonamides is 1. The summed E-state index contributed by atoms with van der Waals surface area (Å²) in [6, 6.07) is 1.75. The molecule has 1 N–H and O–H groups in total. The van der Waals surface area contributed by atoms with Gasteiger partial charge in [-0.15, -0.1) is 0 Å². The number of nitrogens with one attached hydrogen (secondary N) is 1. The molecule has 1 rings (SSSR count). The Labute approximate surface area is 78.4 Å². The van der Waals surface area contributed by atoms with Gasteiger partial charge in [0.25, 0.3) is 0 Å². The molecular weight excluding hydrogens is 190 g/mol. The smallest absolute Gasteiger partial charge is 0.230 e. The number of nitriles is 1. The van der Waals surface area contributed by atoms with E-state index >= 15 is 0 Å². The lowest BCUT2D eigenvalue weighted by Gasteiger charge is -2.27. The van der Waals surface area contributed by atoms with Crippen LogP contribution in [0.4, 0.5) is 0 Å². The van der Waals surface area contributed by atoms with Crippen molar-refractivity contribution < 1.29 is 8.42 Å². The highest BCUT2D eigenvalue weighted by Gasteiger charge is 2.29. The third-order valence-electron chi connectivity index (χ3n) is 2.06. The lowest BCUT2D eigenvalue weighted by Crippen LogP contribution is -2.48. The second kappa shape index (κ2) is 4.05. The monoisotopic (exact) mass is 203 g/mol. The fourth-order valence-electron chi connectivity index (χ4n) is 1.19. The quantitative estimate of drug-likeness (QED) is 0.633. The molecule has 0 aromatic carbocycles. The first-order valence-corrected chi connectivity index (χ1v) is 5.68. The molecule has 6 heteroatoms. The van der Waals surface area contributed by atoms with Gasteiger partial charge in [0.1, 0.15) is 0 Å². The van der Waals surface area contributed by atoms with Gasteiger partial charge >= 0.3 is 0 Å². The van der Waals surface area contributed by atoms with E-state index in [9.17, 15) is 8.42 Å². The Kier molecular flexibility index (Phi) is 3.25. The lowest BCUT2D eigenvalue weighted by atomic mass is 10.4. The Bertz CT molecular complexity index is 300. The number of piperazine rings is 1. The number of hydrogen-bond donors (Lipinski definition) is 1. The van der Waals surface area contributed by atoms with Gasteiger partial charge in [0, 0.05) is 26.2 Å². The predicted molar refractivity (Wildman–Crippen MR) is 48.4 cm³/mol. The van der Waals surface area contributed by atoms with Crippen molar-refractivity contribution >= 4 is 10.0 Å². The highest BCUT2D eigenvalue weighted by atomic mass is 32.2. The fraction of sp³-hybridized carbons (Fsp3) is 0.857. The van der Waals surface area contributed by atoms with Gasteiger partial charge in [-0.05, 0) is 6.92 Å². The summed E-state index contributed by atoms with van der Waals surface area (Å²) in [6.07, 6.45) is 0. The zero-order chi connectivity index (χ0) is 9.90. The summed E-state index contributed by atoms with van der Waals surface area (Å²) in [6.45, 7) is 3.68. The summed E-state index contributed by atoms with van der Waals surface area (Å²) in [5.74, 6) is 0. The highest BCUT2D eigenvalue weighted by molar-refractivity contribution is 7.89. The summed E-state index contributed by atoms with van der Waals surface area (Å²) >= 11 is 0. The van der Waals surface area contributed by atoms with Crippen LogP contribution in [0.1, 0.15) is 6.92 Å². The minimum Gasteiger partial charge on any atom is -0.314 e. The summed E-state index contributed by atoms with van der Waals surface area (Å²) in [5, 5.41) is 10.6. The van der Waals surface area contributed by atoms with Crippen molar-refractivity contribution in [1.82, 2.24) is 9.62 Å². The van der Waals surface area contributed by atoms with Crippen LogP contribution in [0.2, 0.25) is 0 Å². The molecule has 1 aliphatic heterocycles. The van der Waals surface area contributed by atoms with Crippen molar-refractivity contribution in [1.29, 1.82) is 5.26 Å². The summed E-state index contributed by atoms with van der Waals surface area (Å²) in [4.78, 5) is 0. The summed E-state index contributed by atoms with van der Waals surface area (Å²) < 4.78 is 24.6. The van der Waals surface area contributed by atoms with Crippen LogP contribution in [0.25, 0.3) is 0 Å². The first-order valence-electron chi connectivity index (χ1n) is 4.18. The van der Waals surface area contributed by atoms with Gasteiger partial charge in [0.05, 0.1) is 6.07 Å². The zero-order valence-electron chi connectivity index (χ0n) is 7.52. The van der Waals surface area contributed by atoms with E-state index in [1.807, 2.05) is 0 Å². The van der Waals surface area contributed by atoms with Crippen LogP contribution in [0.5, 0.6) is 0 Å². The molecule has 0 aromatic heterocycles. The van der Waals surface area contributed by atoms with Crippen LogP contribution in [0.15, 0.2) is 0 Å². The van der Waals surface area contributed by atoms with E-state index in [0.717, 1.165) is 0 Å². The third-order valence-corrected chi connectivity index (χ3v) is 4.15. The summed E-state index contributed by atoms with van der Waals surface area (Å²) in [5.41, 5.74) is 0. The van der Waals surface area contributed by atoms with Gasteiger partial charge < -0.3 is 5.32 Å². The minimum absolute atomic E-state index is 0.467. The SMILES string of the molecule is CC(C#N)S(=O)(=O)N1CCNCC1. The van der Waals surface area contributed by atoms with Crippen molar-refractivity contribution in [2.45, 2.75) is 12.2 Å². The molecule has 1 saturated heterocycles. The maximum Gasteiger partial charge on any atom is 0.230 e. The fourth-order valence-corrected chi connectivity index (χ4v) is 2.46. The zero-order valence-corrected chi connectivity index (χ0v) is 8.34. The average molecular weight is 203 g/mol. The van der Waals surface area contributed by atoms with Crippen LogP contribution >= 0.6 is 0 Å². The Morgan fingerprint density at radius 2 is 2.00 bits per heavy atom. The van der Waals surface area contributed by atoms with E-state index in [1.54, 1.807) is 6.07 Å². The molecule has 0 aliphatic carbocycles. The van der Waals surface area contributed by atoms with Crippen LogP contribution < -0.4 is 5.32 Å². The van der Waals surface area contributed by atoms with E-state index < -0.39 is 15.3 Å². The van der Waals surface area contributed by atoms with Crippen LogP contribution in [-0.2, 0) is 10.0 Å². The van der Waals surface area contributed by atoms with E-state index in [1.165, 1.54) is 11.2 Å². The van der Waals surface area contributed by atoms with Gasteiger partial charge in [0.15, 0.2) is 5.25 Å². The number of nitrogens with zero attached hydrogens (tertiary/aromatic N) is 2. The molecule has 0 aromatic rings.